The summed E-state index contributed by atoms with van der Waals surface area (Å²) in [4.78, 5) is 2.57. The van der Waals surface area contributed by atoms with Crippen molar-refractivity contribution >= 4 is 12.6 Å². The first-order valence-corrected chi connectivity index (χ1v) is 6.01. The van der Waals surface area contributed by atoms with Gasteiger partial charge in [0.05, 0.1) is 12.7 Å². The fourth-order valence-corrected chi connectivity index (χ4v) is 2.84. The van der Waals surface area contributed by atoms with Crippen molar-refractivity contribution < 1.29 is 4.74 Å². The minimum atomic E-state index is 0.530. The summed E-state index contributed by atoms with van der Waals surface area (Å²) in [6.45, 7) is 3.17. The second-order valence-corrected chi connectivity index (χ2v) is 4.47. The van der Waals surface area contributed by atoms with Crippen molar-refractivity contribution in [2.75, 3.05) is 25.4 Å². The van der Waals surface area contributed by atoms with Crippen LogP contribution in [0.5, 0.6) is 0 Å². The number of thiol groups is 1. The molecule has 0 aromatic rings. The maximum absolute atomic E-state index is 5.79. The highest BCUT2D eigenvalue weighted by molar-refractivity contribution is 7.80. The lowest BCUT2D eigenvalue weighted by Gasteiger charge is -2.43. The third-order valence-corrected chi connectivity index (χ3v) is 3.43. The molecule has 1 aliphatic heterocycles. The van der Waals surface area contributed by atoms with E-state index in [1.807, 2.05) is 0 Å². The van der Waals surface area contributed by atoms with Crippen molar-refractivity contribution in [2.45, 2.75) is 37.8 Å². The number of ether oxygens (including phenoxy) is 1. The summed E-state index contributed by atoms with van der Waals surface area (Å²) in [6.07, 6.45) is 5.87. The van der Waals surface area contributed by atoms with Gasteiger partial charge in [-0.05, 0) is 12.8 Å². The predicted octanol–water partition coefficient (Wildman–Crippen LogP) is 1.56. The van der Waals surface area contributed by atoms with E-state index in [1.54, 1.807) is 0 Å². The first kappa shape index (κ1) is 9.81. The second-order valence-electron chi connectivity index (χ2n) is 4.02. The standard InChI is InChI=1S/C10H19NOS/c13-8-6-11-5-7-12-10-4-2-1-3-9(10)11/h9-10,13H,1-8H2. The largest absolute Gasteiger partial charge is 0.375 e. The normalized spacial score (nSPS) is 35.8. The summed E-state index contributed by atoms with van der Waals surface area (Å²) in [5.74, 6) is 0.975. The molecule has 76 valence electrons. The van der Waals surface area contributed by atoms with Gasteiger partial charge in [0, 0.05) is 24.9 Å². The zero-order valence-electron chi connectivity index (χ0n) is 8.11. The lowest BCUT2D eigenvalue weighted by molar-refractivity contribution is -0.0858. The molecule has 0 N–H and O–H groups in total. The summed E-state index contributed by atoms with van der Waals surface area (Å²) < 4.78 is 5.79. The molecule has 1 aliphatic carbocycles. The Balaban J connectivity index is 1.94. The van der Waals surface area contributed by atoms with Gasteiger partial charge < -0.3 is 4.74 Å². The Morgan fingerprint density at radius 3 is 3.00 bits per heavy atom. The summed E-state index contributed by atoms with van der Waals surface area (Å²) in [7, 11) is 0. The van der Waals surface area contributed by atoms with Crippen LogP contribution in [0.25, 0.3) is 0 Å². The van der Waals surface area contributed by atoms with Gasteiger partial charge in [-0.1, -0.05) is 12.8 Å². The van der Waals surface area contributed by atoms with Crippen LogP contribution in [0.3, 0.4) is 0 Å². The molecule has 3 heteroatoms. The molecule has 1 saturated heterocycles. The molecule has 0 radical (unpaired) electrons. The van der Waals surface area contributed by atoms with E-state index in [0.717, 1.165) is 25.4 Å². The minimum absolute atomic E-state index is 0.530. The Hall–Kier alpha value is 0.270. The highest BCUT2D eigenvalue weighted by Gasteiger charge is 2.33. The minimum Gasteiger partial charge on any atom is -0.375 e. The van der Waals surface area contributed by atoms with Crippen molar-refractivity contribution in [3.8, 4) is 0 Å². The number of morpholine rings is 1. The third kappa shape index (κ3) is 2.20. The van der Waals surface area contributed by atoms with Gasteiger partial charge in [0.2, 0.25) is 0 Å². The lowest BCUT2D eigenvalue weighted by atomic mass is 9.90. The van der Waals surface area contributed by atoms with Crippen molar-refractivity contribution in [1.82, 2.24) is 4.90 Å². The topological polar surface area (TPSA) is 12.5 Å². The Kier molecular flexibility index (Phi) is 3.52. The molecule has 2 unspecified atom stereocenters. The molecule has 2 fully saturated rings. The van der Waals surface area contributed by atoms with E-state index >= 15 is 0 Å². The Bertz CT molecular complexity index is 161. The molecule has 0 spiro atoms. The quantitative estimate of drug-likeness (QED) is 0.681. The van der Waals surface area contributed by atoms with Gasteiger partial charge in [0.1, 0.15) is 0 Å². The van der Waals surface area contributed by atoms with E-state index in [4.69, 9.17) is 4.74 Å². The van der Waals surface area contributed by atoms with Crippen LogP contribution in [0, 0.1) is 0 Å². The maximum atomic E-state index is 5.79. The van der Waals surface area contributed by atoms with Crippen LogP contribution in [0.1, 0.15) is 25.7 Å². The van der Waals surface area contributed by atoms with Gasteiger partial charge in [-0.3, -0.25) is 4.90 Å². The molecular formula is C10H19NOS. The molecule has 0 aromatic heterocycles. The summed E-state index contributed by atoms with van der Waals surface area (Å²) in [5, 5.41) is 0. The van der Waals surface area contributed by atoms with E-state index in [9.17, 15) is 0 Å². The average Bonchev–Trinajstić information content (AvgIpc) is 2.19. The number of hydrogen-bond acceptors (Lipinski definition) is 3. The zero-order chi connectivity index (χ0) is 9.10. The van der Waals surface area contributed by atoms with Gasteiger partial charge in [-0.15, -0.1) is 0 Å². The van der Waals surface area contributed by atoms with Crippen LogP contribution in [-0.4, -0.2) is 42.5 Å². The fraction of sp³-hybridized carbons (Fsp3) is 1.00. The van der Waals surface area contributed by atoms with E-state index in [0.29, 0.717) is 12.1 Å². The Morgan fingerprint density at radius 1 is 1.31 bits per heavy atom. The summed E-state index contributed by atoms with van der Waals surface area (Å²) in [6, 6.07) is 0.703. The molecule has 2 rings (SSSR count). The van der Waals surface area contributed by atoms with Gasteiger partial charge in [0.25, 0.3) is 0 Å². The van der Waals surface area contributed by atoms with Crippen LogP contribution in [0.15, 0.2) is 0 Å². The highest BCUT2D eigenvalue weighted by Crippen LogP contribution is 2.28. The van der Waals surface area contributed by atoms with Crippen molar-refractivity contribution in [1.29, 1.82) is 0 Å². The number of nitrogens with zero attached hydrogens (tertiary/aromatic N) is 1. The third-order valence-electron chi connectivity index (χ3n) is 3.23. The fourth-order valence-electron chi connectivity index (χ4n) is 2.58. The van der Waals surface area contributed by atoms with Gasteiger partial charge in [-0.2, -0.15) is 12.6 Å². The van der Waals surface area contributed by atoms with Gasteiger partial charge >= 0.3 is 0 Å². The van der Waals surface area contributed by atoms with Crippen molar-refractivity contribution in [3.63, 3.8) is 0 Å². The second kappa shape index (κ2) is 4.67. The van der Waals surface area contributed by atoms with Crippen LogP contribution in [-0.2, 0) is 4.74 Å². The molecule has 2 aliphatic rings. The first-order valence-electron chi connectivity index (χ1n) is 5.38. The van der Waals surface area contributed by atoms with Crippen molar-refractivity contribution in [3.05, 3.63) is 0 Å². The number of hydrogen-bond donors (Lipinski definition) is 1. The molecule has 0 amide bonds. The lowest BCUT2D eigenvalue weighted by Crippen LogP contribution is -2.53. The Morgan fingerprint density at radius 2 is 2.15 bits per heavy atom. The van der Waals surface area contributed by atoms with Crippen molar-refractivity contribution in [2.24, 2.45) is 0 Å². The molecule has 2 atom stereocenters. The number of fused-ring (bicyclic) bond motifs is 1. The molecule has 0 aromatic carbocycles. The molecular weight excluding hydrogens is 182 g/mol. The smallest absolute Gasteiger partial charge is 0.0730 e. The molecule has 1 saturated carbocycles. The van der Waals surface area contributed by atoms with E-state index in [-0.39, 0.29) is 0 Å². The van der Waals surface area contributed by atoms with Crippen LogP contribution < -0.4 is 0 Å². The van der Waals surface area contributed by atoms with E-state index in [1.165, 1.54) is 25.7 Å². The zero-order valence-corrected chi connectivity index (χ0v) is 9.01. The van der Waals surface area contributed by atoms with Crippen LogP contribution >= 0.6 is 12.6 Å². The Labute approximate surface area is 86.0 Å². The van der Waals surface area contributed by atoms with E-state index < -0.39 is 0 Å². The van der Waals surface area contributed by atoms with Crippen LogP contribution in [0.2, 0.25) is 0 Å². The molecule has 1 heterocycles. The molecule has 2 nitrogen and oxygen atoms in total. The SMILES string of the molecule is SCCN1CCOC2CCCCC21. The first-order chi connectivity index (χ1) is 6.42. The highest BCUT2D eigenvalue weighted by atomic mass is 32.1. The maximum Gasteiger partial charge on any atom is 0.0730 e. The average molecular weight is 201 g/mol. The number of rotatable bonds is 2. The molecule has 0 bridgehead atoms. The summed E-state index contributed by atoms with van der Waals surface area (Å²) in [5.41, 5.74) is 0. The van der Waals surface area contributed by atoms with Gasteiger partial charge in [0.15, 0.2) is 0 Å². The predicted molar refractivity (Wildman–Crippen MR) is 57.4 cm³/mol. The van der Waals surface area contributed by atoms with Gasteiger partial charge in [-0.25, -0.2) is 0 Å². The molecule has 13 heavy (non-hydrogen) atoms. The monoisotopic (exact) mass is 201 g/mol. The summed E-state index contributed by atoms with van der Waals surface area (Å²) >= 11 is 4.30. The van der Waals surface area contributed by atoms with Crippen LogP contribution in [0.4, 0.5) is 0 Å². The van der Waals surface area contributed by atoms with E-state index in [2.05, 4.69) is 17.5 Å².